The quantitative estimate of drug-likeness (QED) is 0.852. The Balaban J connectivity index is 2.48. The molecule has 1 heterocycles. The number of hydrogen-bond donors (Lipinski definition) is 1. The van der Waals surface area contributed by atoms with E-state index in [1.807, 2.05) is 32.2 Å². The number of amides is 1. The molecule has 0 aliphatic carbocycles. The molecule has 114 valence electrons. The fourth-order valence-corrected chi connectivity index (χ4v) is 2.34. The van der Waals surface area contributed by atoms with E-state index in [1.54, 1.807) is 26.0 Å². The molecule has 0 bridgehead atoms. The van der Waals surface area contributed by atoms with Crippen molar-refractivity contribution in [1.29, 1.82) is 0 Å². The van der Waals surface area contributed by atoms with E-state index in [4.69, 9.17) is 14.2 Å². The van der Waals surface area contributed by atoms with E-state index >= 15 is 0 Å². The molecular weight excluding hydrogens is 272 g/mol. The second-order valence-corrected chi connectivity index (χ2v) is 5.48. The van der Waals surface area contributed by atoms with Crippen molar-refractivity contribution in [3.63, 3.8) is 0 Å². The van der Waals surface area contributed by atoms with Crippen LogP contribution in [0.2, 0.25) is 0 Å². The molecule has 1 aliphatic rings. The Hall–Kier alpha value is -2.24. The first-order valence-corrected chi connectivity index (χ1v) is 6.65. The lowest BCUT2D eigenvalue weighted by atomic mass is 10.0. The minimum atomic E-state index is -0.280. The number of nitrogens with zero attached hydrogens (tertiary/aromatic N) is 1. The van der Waals surface area contributed by atoms with Gasteiger partial charge in [0.1, 0.15) is 0 Å². The zero-order valence-electron chi connectivity index (χ0n) is 13.0. The Morgan fingerprint density at radius 2 is 1.71 bits per heavy atom. The third kappa shape index (κ3) is 2.94. The summed E-state index contributed by atoms with van der Waals surface area (Å²) in [5, 5.41) is 0. The Morgan fingerprint density at radius 3 is 2.10 bits per heavy atom. The third-order valence-corrected chi connectivity index (χ3v) is 3.46. The predicted octanol–water partition coefficient (Wildman–Crippen LogP) is 1.36. The SMILES string of the molecule is COc1cc(/C=[N+]2\NC(=O)CC2(C)C)cc(OC)c1OC. The molecule has 0 radical (unpaired) electrons. The van der Waals surface area contributed by atoms with Crippen molar-refractivity contribution in [1.82, 2.24) is 5.43 Å². The van der Waals surface area contributed by atoms with Gasteiger partial charge in [-0.15, -0.1) is 10.1 Å². The highest BCUT2D eigenvalue weighted by Gasteiger charge is 2.42. The summed E-state index contributed by atoms with van der Waals surface area (Å²) in [5.74, 6) is 1.70. The van der Waals surface area contributed by atoms with Gasteiger partial charge in [0.25, 0.3) is 5.91 Å². The molecule has 1 aromatic rings. The molecule has 21 heavy (non-hydrogen) atoms. The molecule has 1 fully saturated rings. The Bertz CT molecular complexity index is 568. The molecule has 1 saturated heterocycles. The zero-order chi connectivity index (χ0) is 15.6. The highest BCUT2D eigenvalue weighted by Crippen LogP contribution is 2.37. The Morgan fingerprint density at radius 1 is 1.14 bits per heavy atom. The first-order valence-electron chi connectivity index (χ1n) is 6.65. The molecule has 0 atom stereocenters. The number of ether oxygens (including phenoxy) is 3. The van der Waals surface area contributed by atoms with E-state index in [2.05, 4.69) is 5.43 Å². The minimum Gasteiger partial charge on any atom is -0.493 e. The summed E-state index contributed by atoms with van der Waals surface area (Å²) in [5.41, 5.74) is 3.39. The van der Waals surface area contributed by atoms with Gasteiger partial charge in [-0.05, 0) is 12.1 Å². The monoisotopic (exact) mass is 293 g/mol. The predicted molar refractivity (Wildman–Crippen MR) is 78.4 cm³/mol. The van der Waals surface area contributed by atoms with Gasteiger partial charge < -0.3 is 14.2 Å². The lowest BCUT2D eigenvalue weighted by Gasteiger charge is -2.13. The van der Waals surface area contributed by atoms with Crippen LogP contribution >= 0.6 is 0 Å². The summed E-state index contributed by atoms with van der Waals surface area (Å²) >= 11 is 0. The van der Waals surface area contributed by atoms with E-state index in [0.29, 0.717) is 23.7 Å². The topological polar surface area (TPSA) is 59.8 Å². The van der Waals surface area contributed by atoms with Crippen LogP contribution in [0.25, 0.3) is 0 Å². The maximum Gasteiger partial charge on any atom is 0.281 e. The number of carbonyl (C=O) groups is 1. The number of methoxy groups -OCH3 is 3. The summed E-state index contributed by atoms with van der Waals surface area (Å²) in [7, 11) is 4.71. The summed E-state index contributed by atoms with van der Waals surface area (Å²) in [6, 6.07) is 3.67. The van der Waals surface area contributed by atoms with Crippen LogP contribution in [-0.4, -0.2) is 43.7 Å². The third-order valence-electron chi connectivity index (χ3n) is 3.46. The van der Waals surface area contributed by atoms with E-state index in [0.717, 1.165) is 5.56 Å². The normalized spacial score (nSPS) is 18.5. The minimum absolute atomic E-state index is 0.00342. The molecule has 1 N–H and O–H groups in total. The molecule has 1 aliphatic heterocycles. The molecular formula is C15H21N2O4+. The number of nitrogens with one attached hydrogen (secondary N) is 1. The standard InChI is InChI=1S/C15H20N2O4/c1-15(2)8-13(18)16-17(15)9-10-6-11(19-3)14(21-5)12(7-10)20-4/h6-7,9H,8H2,1-5H3/p+1/b17-9-. The number of carbonyl (C=O) groups excluding carboxylic acids is 1. The molecule has 1 amide bonds. The second kappa shape index (κ2) is 5.63. The highest BCUT2D eigenvalue weighted by atomic mass is 16.5. The van der Waals surface area contributed by atoms with Crippen molar-refractivity contribution < 1.29 is 23.7 Å². The smallest absolute Gasteiger partial charge is 0.281 e. The van der Waals surface area contributed by atoms with Gasteiger partial charge >= 0.3 is 0 Å². The molecule has 6 nitrogen and oxygen atoms in total. The van der Waals surface area contributed by atoms with E-state index in [1.165, 1.54) is 0 Å². The summed E-state index contributed by atoms with van der Waals surface area (Å²) in [6.45, 7) is 4.00. The zero-order valence-corrected chi connectivity index (χ0v) is 13.0. The molecule has 0 spiro atoms. The van der Waals surface area contributed by atoms with Crippen LogP contribution in [-0.2, 0) is 4.79 Å². The van der Waals surface area contributed by atoms with Crippen LogP contribution in [0.5, 0.6) is 17.2 Å². The van der Waals surface area contributed by atoms with Crippen molar-refractivity contribution in [2.24, 2.45) is 0 Å². The lowest BCUT2D eigenvalue weighted by molar-refractivity contribution is -0.620. The first-order chi connectivity index (χ1) is 9.91. The number of rotatable bonds is 4. The number of hydrogen-bond acceptors (Lipinski definition) is 4. The maximum absolute atomic E-state index is 11.6. The average molecular weight is 293 g/mol. The number of benzene rings is 1. The summed E-state index contributed by atoms with van der Waals surface area (Å²) in [6.07, 6.45) is 2.31. The van der Waals surface area contributed by atoms with Crippen LogP contribution in [0.4, 0.5) is 0 Å². The highest BCUT2D eigenvalue weighted by molar-refractivity contribution is 5.82. The fraction of sp³-hybridized carbons (Fsp3) is 0.467. The first kappa shape index (κ1) is 15.2. The lowest BCUT2D eigenvalue weighted by Crippen LogP contribution is -2.36. The van der Waals surface area contributed by atoms with Gasteiger partial charge in [-0.2, -0.15) is 0 Å². The second-order valence-electron chi connectivity index (χ2n) is 5.48. The van der Waals surface area contributed by atoms with Crippen LogP contribution < -0.4 is 19.6 Å². The fourth-order valence-electron chi connectivity index (χ4n) is 2.34. The van der Waals surface area contributed by atoms with Crippen molar-refractivity contribution in [3.05, 3.63) is 17.7 Å². The molecule has 0 unspecified atom stereocenters. The van der Waals surface area contributed by atoms with Gasteiger partial charge in [-0.1, -0.05) is 0 Å². The summed E-state index contributed by atoms with van der Waals surface area (Å²) < 4.78 is 17.7. The van der Waals surface area contributed by atoms with Gasteiger partial charge in [0.2, 0.25) is 12.0 Å². The van der Waals surface area contributed by atoms with Gasteiger partial charge in [0, 0.05) is 19.4 Å². The Labute approximate surface area is 124 Å². The molecule has 0 aromatic heterocycles. The van der Waals surface area contributed by atoms with Crippen LogP contribution in [0, 0.1) is 0 Å². The van der Waals surface area contributed by atoms with Crippen LogP contribution in [0.1, 0.15) is 25.8 Å². The number of hydrazine groups is 1. The van der Waals surface area contributed by atoms with Gasteiger partial charge in [0.15, 0.2) is 17.0 Å². The van der Waals surface area contributed by atoms with E-state index in [9.17, 15) is 4.79 Å². The average Bonchev–Trinajstić information content (AvgIpc) is 2.69. The van der Waals surface area contributed by atoms with E-state index in [-0.39, 0.29) is 11.4 Å². The summed E-state index contributed by atoms with van der Waals surface area (Å²) in [4.78, 5) is 11.6. The maximum atomic E-state index is 11.6. The molecule has 2 rings (SSSR count). The van der Waals surface area contributed by atoms with Crippen molar-refractivity contribution in [2.45, 2.75) is 25.8 Å². The molecule has 1 aromatic carbocycles. The van der Waals surface area contributed by atoms with Gasteiger partial charge in [0.05, 0.1) is 27.8 Å². The van der Waals surface area contributed by atoms with Crippen molar-refractivity contribution in [2.75, 3.05) is 21.3 Å². The molecule has 6 heteroatoms. The largest absolute Gasteiger partial charge is 0.493 e. The van der Waals surface area contributed by atoms with Gasteiger partial charge in [-0.3, -0.25) is 4.79 Å². The van der Waals surface area contributed by atoms with Crippen LogP contribution in [0.15, 0.2) is 12.1 Å². The Kier molecular flexibility index (Phi) is 4.06. The van der Waals surface area contributed by atoms with Crippen molar-refractivity contribution >= 4 is 12.1 Å². The molecule has 0 saturated carbocycles. The van der Waals surface area contributed by atoms with Crippen LogP contribution in [0.3, 0.4) is 0 Å². The van der Waals surface area contributed by atoms with E-state index < -0.39 is 0 Å². The number of hydrazone groups is 1. The van der Waals surface area contributed by atoms with Gasteiger partial charge in [-0.25, -0.2) is 0 Å². The van der Waals surface area contributed by atoms with Crippen molar-refractivity contribution in [3.8, 4) is 17.2 Å².